The second-order valence-electron chi connectivity index (χ2n) is 4.50. The molecule has 1 unspecified atom stereocenters. The van der Waals surface area contributed by atoms with E-state index in [0.29, 0.717) is 12.2 Å². The Morgan fingerprint density at radius 3 is 2.47 bits per heavy atom. The molecule has 1 heterocycles. The number of sulfone groups is 1. The Kier molecular flexibility index (Phi) is 3.40. The van der Waals surface area contributed by atoms with Gasteiger partial charge in [0.1, 0.15) is 11.9 Å². The third-order valence-electron chi connectivity index (χ3n) is 2.90. The van der Waals surface area contributed by atoms with Crippen molar-refractivity contribution >= 4 is 9.84 Å². The predicted molar refractivity (Wildman–Crippen MR) is 66.7 cm³/mol. The van der Waals surface area contributed by atoms with Gasteiger partial charge in [-0.25, -0.2) is 8.42 Å². The lowest BCUT2D eigenvalue weighted by Gasteiger charge is -2.13. The van der Waals surface area contributed by atoms with E-state index in [1.807, 2.05) is 31.2 Å². The molecule has 94 valence electrons. The summed E-state index contributed by atoms with van der Waals surface area (Å²) in [5, 5.41) is 0. The Bertz CT molecular complexity index is 479. The fraction of sp³-hybridized carbons (Fsp3) is 0.500. The molecule has 0 spiro atoms. The minimum absolute atomic E-state index is 0.00379. The number of nitrogens with two attached hydrogens (primary N) is 1. The highest BCUT2D eigenvalue weighted by molar-refractivity contribution is 7.91. The van der Waals surface area contributed by atoms with E-state index in [-0.39, 0.29) is 23.7 Å². The van der Waals surface area contributed by atoms with Gasteiger partial charge in [0.25, 0.3) is 0 Å². The average molecular weight is 255 g/mol. The summed E-state index contributed by atoms with van der Waals surface area (Å²) in [6, 6.07) is 7.48. The summed E-state index contributed by atoms with van der Waals surface area (Å²) in [6.07, 6.45) is 0.373. The minimum Gasteiger partial charge on any atom is -0.489 e. The zero-order valence-electron chi connectivity index (χ0n) is 9.80. The van der Waals surface area contributed by atoms with Gasteiger partial charge in [0, 0.05) is 6.04 Å². The molecule has 0 bridgehead atoms. The van der Waals surface area contributed by atoms with Crippen molar-refractivity contribution in [3.05, 3.63) is 29.8 Å². The normalized spacial score (nSPS) is 24.5. The largest absolute Gasteiger partial charge is 0.489 e. The molecule has 5 heteroatoms. The van der Waals surface area contributed by atoms with E-state index in [2.05, 4.69) is 0 Å². The van der Waals surface area contributed by atoms with Gasteiger partial charge in [-0.1, -0.05) is 12.1 Å². The third-order valence-corrected chi connectivity index (χ3v) is 4.64. The fourth-order valence-corrected chi connectivity index (χ4v) is 3.49. The molecule has 2 N–H and O–H groups in total. The molecule has 1 aliphatic heterocycles. The van der Waals surface area contributed by atoms with Gasteiger partial charge in [0.2, 0.25) is 0 Å². The van der Waals surface area contributed by atoms with Crippen LogP contribution in [0.4, 0.5) is 0 Å². The van der Waals surface area contributed by atoms with Crippen LogP contribution in [0, 0.1) is 0 Å². The Balaban J connectivity index is 2.00. The summed E-state index contributed by atoms with van der Waals surface area (Å²) in [5.41, 5.74) is 6.78. The van der Waals surface area contributed by atoms with Crippen molar-refractivity contribution in [2.45, 2.75) is 25.5 Å². The van der Waals surface area contributed by atoms with Crippen LogP contribution in [-0.2, 0) is 9.84 Å². The highest BCUT2D eigenvalue weighted by Crippen LogP contribution is 2.21. The van der Waals surface area contributed by atoms with Gasteiger partial charge in [-0.05, 0) is 31.0 Å². The van der Waals surface area contributed by atoms with E-state index in [1.165, 1.54) is 0 Å². The van der Waals surface area contributed by atoms with Crippen LogP contribution in [0.2, 0.25) is 0 Å². The van der Waals surface area contributed by atoms with Crippen LogP contribution in [0.5, 0.6) is 5.75 Å². The third kappa shape index (κ3) is 3.20. The van der Waals surface area contributed by atoms with E-state index in [0.717, 1.165) is 5.56 Å². The molecule has 2 rings (SSSR count). The molecule has 1 aromatic rings. The number of hydrogen-bond acceptors (Lipinski definition) is 4. The summed E-state index contributed by atoms with van der Waals surface area (Å²) < 4.78 is 28.2. The lowest BCUT2D eigenvalue weighted by atomic mass is 10.1. The maximum Gasteiger partial charge on any atom is 0.154 e. The van der Waals surface area contributed by atoms with Gasteiger partial charge in [0.15, 0.2) is 9.84 Å². The quantitative estimate of drug-likeness (QED) is 0.883. The van der Waals surface area contributed by atoms with Gasteiger partial charge < -0.3 is 10.5 Å². The molecule has 0 radical (unpaired) electrons. The SMILES string of the molecule is C[C@@H](N)c1ccc(OC2CCS(=O)(=O)C2)cc1. The zero-order valence-corrected chi connectivity index (χ0v) is 10.6. The van der Waals surface area contributed by atoms with Gasteiger partial charge in [-0.15, -0.1) is 0 Å². The Morgan fingerprint density at radius 1 is 1.35 bits per heavy atom. The van der Waals surface area contributed by atoms with E-state index in [4.69, 9.17) is 10.5 Å². The number of ether oxygens (including phenoxy) is 1. The van der Waals surface area contributed by atoms with Crippen molar-refractivity contribution in [1.29, 1.82) is 0 Å². The van der Waals surface area contributed by atoms with Gasteiger partial charge in [-0.3, -0.25) is 0 Å². The fourth-order valence-electron chi connectivity index (χ4n) is 1.90. The molecular formula is C12H17NO3S. The van der Waals surface area contributed by atoms with Gasteiger partial charge in [-0.2, -0.15) is 0 Å². The van der Waals surface area contributed by atoms with Crippen molar-refractivity contribution in [1.82, 2.24) is 0 Å². The molecule has 1 aromatic carbocycles. The molecule has 0 aliphatic carbocycles. The molecule has 1 fully saturated rings. The topological polar surface area (TPSA) is 69.4 Å². The molecular weight excluding hydrogens is 238 g/mol. The summed E-state index contributed by atoms with van der Waals surface area (Å²) in [5.74, 6) is 1.06. The first-order valence-corrected chi connectivity index (χ1v) is 7.51. The lowest BCUT2D eigenvalue weighted by molar-refractivity contribution is 0.229. The standard InChI is InChI=1S/C12H17NO3S/c1-9(13)10-2-4-11(5-3-10)16-12-6-7-17(14,15)8-12/h2-5,9,12H,6-8,13H2,1H3/t9-,12?/m1/s1. The smallest absolute Gasteiger partial charge is 0.154 e. The first kappa shape index (κ1) is 12.4. The van der Waals surface area contributed by atoms with Crippen LogP contribution < -0.4 is 10.5 Å². The Morgan fingerprint density at radius 2 is 2.00 bits per heavy atom. The number of benzene rings is 1. The summed E-state index contributed by atoms with van der Waals surface area (Å²) in [4.78, 5) is 0. The molecule has 0 saturated carbocycles. The van der Waals surface area contributed by atoms with Gasteiger partial charge >= 0.3 is 0 Å². The van der Waals surface area contributed by atoms with Crippen molar-refractivity contribution < 1.29 is 13.2 Å². The second-order valence-corrected chi connectivity index (χ2v) is 6.73. The zero-order chi connectivity index (χ0) is 12.5. The van der Waals surface area contributed by atoms with Gasteiger partial charge in [0.05, 0.1) is 11.5 Å². The van der Waals surface area contributed by atoms with Crippen LogP contribution in [0.15, 0.2) is 24.3 Å². The molecule has 0 amide bonds. The number of hydrogen-bond donors (Lipinski definition) is 1. The molecule has 1 aliphatic rings. The van der Waals surface area contributed by atoms with Crippen LogP contribution in [0.3, 0.4) is 0 Å². The molecule has 0 aromatic heterocycles. The van der Waals surface area contributed by atoms with Crippen LogP contribution in [0.1, 0.15) is 24.9 Å². The highest BCUT2D eigenvalue weighted by atomic mass is 32.2. The Labute approximate surface area is 102 Å². The predicted octanol–water partition coefficient (Wildman–Crippen LogP) is 1.27. The van der Waals surface area contributed by atoms with Crippen LogP contribution in [0.25, 0.3) is 0 Å². The van der Waals surface area contributed by atoms with E-state index < -0.39 is 9.84 Å². The van der Waals surface area contributed by atoms with Crippen molar-refractivity contribution in [2.75, 3.05) is 11.5 Å². The summed E-state index contributed by atoms with van der Waals surface area (Å²) >= 11 is 0. The van der Waals surface area contributed by atoms with E-state index in [9.17, 15) is 8.42 Å². The second kappa shape index (κ2) is 4.66. The van der Waals surface area contributed by atoms with Crippen molar-refractivity contribution in [3.63, 3.8) is 0 Å². The highest BCUT2D eigenvalue weighted by Gasteiger charge is 2.29. The molecule has 1 saturated heterocycles. The molecule has 4 nitrogen and oxygen atoms in total. The number of rotatable bonds is 3. The summed E-state index contributed by atoms with van der Waals surface area (Å²) in [7, 11) is -2.88. The molecule has 17 heavy (non-hydrogen) atoms. The first-order chi connectivity index (χ1) is 7.96. The van der Waals surface area contributed by atoms with E-state index >= 15 is 0 Å². The first-order valence-electron chi connectivity index (χ1n) is 5.69. The van der Waals surface area contributed by atoms with E-state index in [1.54, 1.807) is 0 Å². The molecule has 2 atom stereocenters. The van der Waals surface area contributed by atoms with Crippen molar-refractivity contribution in [3.8, 4) is 5.75 Å². The monoisotopic (exact) mass is 255 g/mol. The van der Waals surface area contributed by atoms with Crippen LogP contribution >= 0.6 is 0 Å². The van der Waals surface area contributed by atoms with Crippen molar-refractivity contribution in [2.24, 2.45) is 5.73 Å². The average Bonchev–Trinajstić information content (AvgIpc) is 2.59. The lowest BCUT2D eigenvalue weighted by Crippen LogP contribution is -2.17. The maximum atomic E-state index is 11.3. The van der Waals surface area contributed by atoms with Crippen LogP contribution in [-0.4, -0.2) is 26.0 Å². The summed E-state index contributed by atoms with van der Waals surface area (Å²) in [6.45, 7) is 1.92. The Hall–Kier alpha value is -1.07. The maximum absolute atomic E-state index is 11.3. The minimum atomic E-state index is -2.88.